The van der Waals surface area contributed by atoms with Gasteiger partial charge in [0.25, 0.3) is 0 Å². The molecule has 1 aromatic rings. The number of pyridine rings is 1. The van der Waals surface area contributed by atoms with Gasteiger partial charge in [0.05, 0.1) is 0 Å². The molecule has 62 valence electrons. The molecule has 0 aromatic carbocycles. The van der Waals surface area contributed by atoms with Crippen LogP contribution in [0.2, 0.25) is 0 Å². The van der Waals surface area contributed by atoms with Crippen LogP contribution in [0.5, 0.6) is 0 Å². The van der Waals surface area contributed by atoms with Crippen LogP contribution in [0, 0.1) is 6.92 Å². The number of hydrogen-bond donors (Lipinski definition) is 0. The molecule has 2 heteroatoms. The van der Waals surface area contributed by atoms with E-state index in [9.17, 15) is 0 Å². The Kier molecular flexibility index (Phi) is 5.39. The molecule has 0 aliphatic rings. The van der Waals surface area contributed by atoms with Crippen molar-refractivity contribution in [3.05, 3.63) is 30.1 Å². The maximum Gasteiger partial charge on any atom is 0.0270 e. The van der Waals surface area contributed by atoms with Crippen molar-refractivity contribution < 1.29 is 0 Å². The lowest BCUT2D eigenvalue weighted by molar-refractivity contribution is 0.505. The van der Waals surface area contributed by atoms with Crippen LogP contribution < -0.4 is 0 Å². The molecular formula is C9H16N2. The van der Waals surface area contributed by atoms with Gasteiger partial charge in [0.1, 0.15) is 0 Å². The molecule has 0 saturated heterocycles. The zero-order valence-electron chi connectivity index (χ0n) is 7.70. The summed E-state index contributed by atoms with van der Waals surface area (Å²) in [6.07, 6.45) is 3.57. The molecule has 11 heavy (non-hydrogen) atoms. The van der Waals surface area contributed by atoms with Gasteiger partial charge >= 0.3 is 0 Å². The van der Waals surface area contributed by atoms with Crippen LogP contribution in [0.4, 0.5) is 0 Å². The van der Waals surface area contributed by atoms with E-state index in [-0.39, 0.29) is 0 Å². The Morgan fingerprint density at radius 1 is 1.09 bits per heavy atom. The Bertz CT molecular complexity index is 167. The van der Waals surface area contributed by atoms with Gasteiger partial charge in [-0.05, 0) is 45.8 Å². The van der Waals surface area contributed by atoms with E-state index in [1.807, 2.05) is 45.1 Å². The molecule has 0 bridgehead atoms. The first-order valence-corrected chi connectivity index (χ1v) is 3.60. The highest BCUT2D eigenvalue weighted by Crippen LogP contribution is 1.88. The quantitative estimate of drug-likeness (QED) is 0.561. The standard InChI is InChI=1S/C6H7N.C3H9N/c1-6-2-4-7-5-3-6;1-4(2)3/h2-5H,1H3;1-3H3. The van der Waals surface area contributed by atoms with Crippen molar-refractivity contribution in [1.29, 1.82) is 0 Å². The molecule has 0 aliphatic heterocycles. The minimum Gasteiger partial charge on any atom is -0.312 e. The topological polar surface area (TPSA) is 16.1 Å². The predicted molar refractivity (Wildman–Crippen MR) is 48.6 cm³/mol. The molecule has 0 fully saturated rings. The molecule has 0 N–H and O–H groups in total. The lowest BCUT2D eigenvalue weighted by Crippen LogP contribution is -1.99. The summed E-state index contributed by atoms with van der Waals surface area (Å²) in [5, 5.41) is 0. The van der Waals surface area contributed by atoms with Crippen molar-refractivity contribution in [3.63, 3.8) is 0 Å². The van der Waals surface area contributed by atoms with Crippen molar-refractivity contribution in [2.45, 2.75) is 6.92 Å². The van der Waals surface area contributed by atoms with E-state index < -0.39 is 0 Å². The lowest BCUT2D eigenvalue weighted by atomic mass is 10.3. The molecule has 1 rings (SSSR count). The van der Waals surface area contributed by atoms with E-state index in [1.54, 1.807) is 12.4 Å². The predicted octanol–water partition coefficient (Wildman–Crippen LogP) is 1.57. The Balaban J connectivity index is 0.000000218. The summed E-state index contributed by atoms with van der Waals surface area (Å²) >= 11 is 0. The number of hydrogen-bond acceptors (Lipinski definition) is 2. The van der Waals surface area contributed by atoms with Crippen LogP contribution in [0.3, 0.4) is 0 Å². The normalized spacial score (nSPS) is 8.82. The number of aromatic nitrogens is 1. The summed E-state index contributed by atoms with van der Waals surface area (Å²) in [6, 6.07) is 3.94. The van der Waals surface area contributed by atoms with E-state index in [4.69, 9.17) is 0 Å². The van der Waals surface area contributed by atoms with Gasteiger partial charge in [-0.1, -0.05) is 0 Å². The summed E-state index contributed by atoms with van der Waals surface area (Å²) in [5.74, 6) is 0. The highest BCUT2D eigenvalue weighted by atomic mass is 15.0. The highest BCUT2D eigenvalue weighted by molar-refractivity contribution is 5.05. The molecule has 0 saturated carbocycles. The number of aryl methyl sites for hydroxylation is 1. The molecule has 1 aromatic heterocycles. The summed E-state index contributed by atoms with van der Waals surface area (Å²) < 4.78 is 0. The average Bonchev–Trinajstić information content (AvgIpc) is 1.87. The van der Waals surface area contributed by atoms with E-state index in [2.05, 4.69) is 4.98 Å². The zero-order valence-corrected chi connectivity index (χ0v) is 7.70. The zero-order chi connectivity index (χ0) is 8.69. The van der Waals surface area contributed by atoms with Crippen molar-refractivity contribution in [3.8, 4) is 0 Å². The van der Waals surface area contributed by atoms with Crippen LogP contribution >= 0.6 is 0 Å². The first kappa shape index (κ1) is 10.1. The third-order valence-electron chi connectivity index (χ3n) is 0.847. The second-order valence-electron chi connectivity index (χ2n) is 2.87. The average molecular weight is 152 g/mol. The van der Waals surface area contributed by atoms with Crippen LogP contribution in [0.1, 0.15) is 5.56 Å². The summed E-state index contributed by atoms with van der Waals surface area (Å²) in [6.45, 7) is 2.04. The van der Waals surface area contributed by atoms with Gasteiger partial charge in [-0.3, -0.25) is 4.98 Å². The van der Waals surface area contributed by atoms with Crippen molar-refractivity contribution in [1.82, 2.24) is 9.88 Å². The van der Waals surface area contributed by atoms with Gasteiger partial charge in [0.15, 0.2) is 0 Å². The first-order chi connectivity index (χ1) is 5.13. The van der Waals surface area contributed by atoms with Gasteiger partial charge in [-0.2, -0.15) is 0 Å². The molecule has 1 heterocycles. The molecule has 0 aliphatic carbocycles. The Morgan fingerprint density at radius 2 is 1.45 bits per heavy atom. The molecule has 0 radical (unpaired) electrons. The molecule has 0 unspecified atom stereocenters. The van der Waals surface area contributed by atoms with Crippen LogP contribution in [0.15, 0.2) is 24.5 Å². The van der Waals surface area contributed by atoms with Gasteiger partial charge in [-0.25, -0.2) is 0 Å². The SMILES string of the molecule is CN(C)C.Cc1ccncc1. The van der Waals surface area contributed by atoms with Crippen LogP contribution in [-0.4, -0.2) is 31.0 Å². The van der Waals surface area contributed by atoms with Gasteiger partial charge in [0, 0.05) is 12.4 Å². The van der Waals surface area contributed by atoms with Crippen LogP contribution in [0.25, 0.3) is 0 Å². The fraction of sp³-hybridized carbons (Fsp3) is 0.444. The summed E-state index contributed by atoms with van der Waals surface area (Å²) in [7, 11) is 6.00. The van der Waals surface area contributed by atoms with Crippen LogP contribution in [-0.2, 0) is 0 Å². The van der Waals surface area contributed by atoms with E-state index in [1.165, 1.54) is 5.56 Å². The molecule has 0 atom stereocenters. The maximum atomic E-state index is 3.85. The van der Waals surface area contributed by atoms with Crippen molar-refractivity contribution in [2.24, 2.45) is 0 Å². The molecule has 0 amide bonds. The second kappa shape index (κ2) is 5.86. The van der Waals surface area contributed by atoms with Gasteiger partial charge < -0.3 is 4.90 Å². The number of rotatable bonds is 0. The monoisotopic (exact) mass is 152 g/mol. The van der Waals surface area contributed by atoms with Gasteiger partial charge in [-0.15, -0.1) is 0 Å². The molecule has 0 spiro atoms. The smallest absolute Gasteiger partial charge is 0.0270 e. The van der Waals surface area contributed by atoms with E-state index in [0.29, 0.717) is 0 Å². The minimum absolute atomic E-state index is 1.26. The highest BCUT2D eigenvalue weighted by Gasteiger charge is 1.72. The molecular weight excluding hydrogens is 136 g/mol. The lowest BCUT2D eigenvalue weighted by Gasteiger charge is -1.90. The fourth-order valence-electron chi connectivity index (χ4n) is 0.426. The third kappa shape index (κ3) is 9.11. The van der Waals surface area contributed by atoms with Crippen molar-refractivity contribution in [2.75, 3.05) is 21.1 Å². The first-order valence-electron chi connectivity index (χ1n) is 3.60. The number of nitrogens with zero attached hydrogens (tertiary/aromatic N) is 2. The van der Waals surface area contributed by atoms with Gasteiger partial charge in [0.2, 0.25) is 0 Å². The van der Waals surface area contributed by atoms with E-state index in [0.717, 1.165) is 0 Å². The largest absolute Gasteiger partial charge is 0.312 e. The summed E-state index contributed by atoms with van der Waals surface area (Å²) in [4.78, 5) is 5.85. The van der Waals surface area contributed by atoms with E-state index >= 15 is 0 Å². The summed E-state index contributed by atoms with van der Waals surface area (Å²) in [5.41, 5.74) is 1.26. The Labute approximate surface area is 68.9 Å². The third-order valence-corrected chi connectivity index (χ3v) is 0.847. The fourth-order valence-corrected chi connectivity index (χ4v) is 0.426. The Morgan fingerprint density at radius 3 is 1.64 bits per heavy atom. The van der Waals surface area contributed by atoms with Crippen molar-refractivity contribution >= 4 is 0 Å². The molecule has 2 nitrogen and oxygen atoms in total. The second-order valence-corrected chi connectivity index (χ2v) is 2.87. The maximum absolute atomic E-state index is 3.85. The Hall–Kier alpha value is -0.890. The minimum atomic E-state index is 1.26.